The van der Waals surface area contributed by atoms with E-state index in [4.69, 9.17) is 9.47 Å². The maximum atomic E-state index is 12.5. The van der Waals surface area contributed by atoms with Crippen LogP contribution in [-0.2, 0) is 21.6 Å². The maximum Gasteiger partial charge on any atom is 0.338 e. The molecule has 6 nitrogen and oxygen atoms in total. The minimum Gasteiger partial charge on any atom is -0.452 e. The van der Waals surface area contributed by atoms with Crippen LogP contribution in [0.25, 0.3) is 0 Å². The fourth-order valence-corrected chi connectivity index (χ4v) is 3.75. The van der Waals surface area contributed by atoms with Gasteiger partial charge in [0.2, 0.25) is 0 Å². The molecule has 2 aliphatic rings. The Bertz CT molecular complexity index is 965. The Morgan fingerprint density at radius 2 is 1.85 bits per heavy atom. The van der Waals surface area contributed by atoms with E-state index in [2.05, 4.69) is 22.4 Å². The average molecular weight is 361 g/mol. The molecule has 1 fully saturated rings. The van der Waals surface area contributed by atoms with Gasteiger partial charge in [0.1, 0.15) is 23.1 Å². The summed E-state index contributed by atoms with van der Waals surface area (Å²) in [5, 5.41) is 8.73. The summed E-state index contributed by atoms with van der Waals surface area (Å²) < 4.78 is 13.5. The third-order valence-corrected chi connectivity index (χ3v) is 5.23. The Morgan fingerprint density at radius 1 is 1.15 bits per heavy atom. The first-order valence-electron chi connectivity index (χ1n) is 9.13. The van der Waals surface area contributed by atoms with E-state index in [0.29, 0.717) is 25.1 Å². The van der Waals surface area contributed by atoms with Crippen molar-refractivity contribution < 1.29 is 14.3 Å². The lowest BCUT2D eigenvalue weighted by Gasteiger charge is -2.26. The molecule has 5 rings (SSSR count). The van der Waals surface area contributed by atoms with Crippen LogP contribution in [0.5, 0.6) is 0 Å². The van der Waals surface area contributed by atoms with Crippen LogP contribution in [0, 0.1) is 0 Å². The number of carbonyl (C=O) groups excluding carboxylic acids is 1. The lowest BCUT2D eigenvalue weighted by molar-refractivity contribution is 0.0202. The lowest BCUT2D eigenvalue weighted by atomic mass is 9.88. The number of carbonyl (C=O) groups is 1. The molecular weight excluding hydrogens is 342 g/mol. The molecule has 1 aromatic heterocycles. The number of ether oxygens (including phenoxy) is 2. The van der Waals surface area contributed by atoms with Gasteiger partial charge in [-0.2, -0.15) is 0 Å². The predicted molar refractivity (Wildman–Crippen MR) is 97.0 cm³/mol. The molecule has 27 heavy (non-hydrogen) atoms. The third-order valence-electron chi connectivity index (χ3n) is 5.23. The van der Waals surface area contributed by atoms with Crippen molar-refractivity contribution in [1.82, 2.24) is 15.0 Å². The SMILES string of the molecule is O=C(O[C@H]1CC[C@]2(CO2)c2c1nnn2Cc1ccccc1)c1ccccc1. The summed E-state index contributed by atoms with van der Waals surface area (Å²) >= 11 is 0. The summed E-state index contributed by atoms with van der Waals surface area (Å²) in [7, 11) is 0. The number of esters is 1. The quantitative estimate of drug-likeness (QED) is 0.527. The van der Waals surface area contributed by atoms with Crippen LogP contribution in [0.3, 0.4) is 0 Å². The first-order valence-corrected chi connectivity index (χ1v) is 9.13. The highest BCUT2D eigenvalue weighted by Gasteiger charge is 2.55. The Balaban J connectivity index is 1.44. The highest BCUT2D eigenvalue weighted by molar-refractivity contribution is 5.89. The molecule has 0 saturated carbocycles. The predicted octanol–water partition coefficient (Wildman–Crippen LogP) is 3.24. The molecule has 136 valence electrons. The van der Waals surface area contributed by atoms with Crippen LogP contribution in [-0.4, -0.2) is 27.6 Å². The van der Waals surface area contributed by atoms with Crippen molar-refractivity contribution in [2.45, 2.75) is 31.1 Å². The molecule has 1 saturated heterocycles. The van der Waals surface area contributed by atoms with E-state index < -0.39 is 6.10 Å². The number of aromatic nitrogens is 3. The molecule has 1 spiro atoms. The largest absolute Gasteiger partial charge is 0.452 e. The number of hydrogen-bond acceptors (Lipinski definition) is 5. The summed E-state index contributed by atoms with van der Waals surface area (Å²) in [6, 6.07) is 19.2. The monoisotopic (exact) mass is 361 g/mol. The maximum absolute atomic E-state index is 12.5. The van der Waals surface area contributed by atoms with Crippen LogP contribution < -0.4 is 0 Å². The molecule has 2 aromatic carbocycles. The molecule has 0 amide bonds. The second-order valence-corrected chi connectivity index (χ2v) is 7.05. The molecule has 0 unspecified atom stereocenters. The Hall–Kier alpha value is -2.99. The summed E-state index contributed by atoms with van der Waals surface area (Å²) in [5.41, 5.74) is 3.04. The van der Waals surface area contributed by atoms with E-state index in [1.54, 1.807) is 12.1 Å². The molecule has 0 bridgehead atoms. The zero-order valence-electron chi connectivity index (χ0n) is 14.7. The Morgan fingerprint density at radius 3 is 2.56 bits per heavy atom. The molecule has 0 radical (unpaired) electrons. The van der Waals surface area contributed by atoms with Gasteiger partial charge in [-0.1, -0.05) is 53.7 Å². The second kappa shape index (κ2) is 6.32. The van der Waals surface area contributed by atoms with Crippen LogP contribution in [0.2, 0.25) is 0 Å². The number of rotatable bonds is 4. The first kappa shape index (κ1) is 16.2. The molecule has 2 heterocycles. The molecular formula is C21H19N3O3. The zero-order chi connectivity index (χ0) is 18.3. The molecule has 6 heteroatoms. The topological polar surface area (TPSA) is 69.5 Å². The number of fused-ring (bicyclic) bond motifs is 2. The number of hydrogen-bond donors (Lipinski definition) is 0. The van der Waals surface area contributed by atoms with E-state index in [-0.39, 0.29) is 11.6 Å². The van der Waals surface area contributed by atoms with Gasteiger partial charge in [0.15, 0.2) is 0 Å². The number of epoxide rings is 1. The minimum atomic E-state index is -0.396. The fourth-order valence-electron chi connectivity index (χ4n) is 3.75. The fraction of sp³-hybridized carbons (Fsp3) is 0.286. The molecule has 0 N–H and O–H groups in total. The van der Waals surface area contributed by atoms with Gasteiger partial charge in [-0.15, -0.1) is 5.10 Å². The second-order valence-electron chi connectivity index (χ2n) is 7.05. The van der Waals surface area contributed by atoms with Crippen molar-refractivity contribution in [2.75, 3.05) is 6.61 Å². The van der Waals surface area contributed by atoms with Gasteiger partial charge < -0.3 is 9.47 Å². The van der Waals surface area contributed by atoms with E-state index >= 15 is 0 Å². The van der Waals surface area contributed by atoms with Gasteiger partial charge in [0.25, 0.3) is 0 Å². The summed E-state index contributed by atoms with van der Waals surface area (Å²) in [6.45, 7) is 1.29. The van der Waals surface area contributed by atoms with Gasteiger partial charge in [0.05, 0.1) is 18.7 Å². The zero-order valence-corrected chi connectivity index (χ0v) is 14.7. The van der Waals surface area contributed by atoms with Crippen molar-refractivity contribution in [1.29, 1.82) is 0 Å². The van der Waals surface area contributed by atoms with Crippen LogP contribution in [0.1, 0.15) is 46.3 Å². The van der Waals surface area contributed by atoms with Crippen LogP contribution >= 0.6 is 0 Å². The highest BCUT2D eigenvalue weighted by Crippen LogP contribution is 2.51. The Kier molecular flexibility index (Phi) is 3.79. The van der Waals surface area contributed by atoms with Gasteiger partial charge >= 0.3 is 5.97 Å². The van der Waals surface area contributed by atoms with Gasteiger partial charge in [0, 0.05) is 0 Å². The summed E-state index contributed by atoms with van der Waals surface area (Å²) in [6.07, 6.45) is 1.09. The van der Waals surface area contributed by atoms with Crippen molar-refractivity contribution in [3.05, 3.63) is 83.2 Å². The van der Waals surface area contributed by atoms with Crippen LogP contribution in [0.4, 0.5) is 0 Å². The van der Waals surface area contributed by atoms with E-state index in [1.165, 1.54) is 0 Å². The van der Waals surface area contributed by atoms with Crippen molar-refractivity contribution in [2.24, 2.45) is 0 Å². The number of benzene rings is 2. The number of nitrogens with zero attached hydrogens (tertiary/aromatic N) is 3. The highest BCUT2D eigenvalue weighted by atomic mass is 16.6. The molecule has 1 aliphatic carbocycles. The van der Waals surface area contributed by atoms with Gasteiger partial charge in [-0.05, 0) is 30.5 Å². The normalized spacial score (nSPS) is 23.0. The minimum absolute atomic E-state index is 0.316. The molecule has 1 aliphatic heterocycles. The molecule has 3 aromatic rings. The smallest absolute Gasteiger partial charge is 0.338 e. The average Bonchev–Trinajstić information content (AvgIpc) is 3.36. The van der Waals surface area contributed by atoms with Crippen LogP contribution in [0.15, 0.2) is 60.7 Å². The first-order chi connectivity index (χ1) is 13.3. The van der Waals surface area contributed by atoms with Crippen molar-refractivity contribution >= 4 is 5.97 Å². The van der Waals surface area contributed by atoms with E-state index in [9.17, 15) is 4.79 Å². The van der Waals surface area contributed by atoms with Gasteiger partial charge in [-0.3, -0.25) is 0 Å². The Labute approximate surface area is 156 Å². The third kappa shape index (κ3) is 2.92. The summed E-state index contributed by atoms with van der Waals surface area (Å²) in [4.78, 5) is 12.5. The van der Waals surface area contributed by atoms with Crippen molar-refractivity contribution in [3.63, 3.8) is 0 Å². The molecule has 2 atom stereocenters. The van der Waals surface area contributed by atoms with Crippen molar-refractivity contribution in [3.8, 4) is 0 Å². The van der Waals surface area contributed by atoms with Gasteiger partial charge in [-0.25, -0.2) is 9.48 Å². The van der Waals surface area contributed by atoms with E-state index in [0.717, 1.165) is 23.4 Å². The summed E-state index contributed by atoms with van der Waals surface area (Å²) in [5.74, 6) is -0.336. The standard InChI is InChI=1S/C21H19N3O3/c25-20(16-9-5-2-6-10-16)27-17-11-12-21(14-26-21)19-18(17)22-23-24(19)13-15-7-3-1-4-8-15/h1-10,17H,11-14H2/t17-,21-/m0/s1. The van der Waals surface area contributed by atoms with E-state index in [1.807, 2.05) is 41.1 Å². The lowest BCUT2D eigenvalue weighted by Crippen LogP contribution is -2.27.